The molecule has 0 N–H and O–H groups in total. The smallest absolute Gasteiger partial charge is 0.162 e. The van der Waals surface area contributed by atoms with Crippen LogP contribution >= 0.6 is 39.1 Å². The monoisotopic (exact) mass is 344 g/mol. The number of hydrogen-bond donors (Lipinski definition) is 0. The van der Waals surface area contributed by atoms with E-state index in [0.717, 1.165) is 28.6 Å². The van der Waals surface area contributed by atoms with E-state index in [2.05, 4.69) is 32.8 Å². The summed E-state index contributed by atoms with van der Waals surface area (Å²) in [6, 6.07) is 7.31. The molecule has 2 rings (SSSR count). The van der Waals surface area contributed by atoms with Crippen LogP contribution in [0.15, 0.2) is 28.7 Å². The third-order valence-electron chi connectivity index (χ3n) is 2.42. The van der Waals surface area contributed by atoms with E-state index in [4.69, 9.17) is 23.2 Å². The van der Waals surface area contributed by atoms with Crippen LogP contribution in [-0.2, 0) is 6.42 Å². The van der Waals surface area contributed by atoms with Crippen LogP contribution in [0.4, 0.5) is 0 Å². The molecule has 0 aliphatic carbocycles. The minimum absolute atomic E-state index is 0.454. The highest BCUT2D eigenvalue weighted by atomic mass is 79.9. The van der Waals surface area contributed by atoms with Crippen molar-refractivity contribution in [2.24, 2.45) is 0 Å². The number of nitrogens with zero attached hydrogens (tertiary/aromatic N) is 2. The van der Waals surface area contributed by atoms with Gasteiger partial charge in [-0.2, -0.15) is 0 Å². The number of aromatic nitrogens is 2. The first-order valence-electron chi connectivity index (χ1n) is 5.59. The van der Waals surface area contributed by atoms with Crippen molar-refractivity contribution in [3.05, 3.63) is 44.6 Å². The molecule has 0 unspecified atom stereocenters. The second kappa shape index (κ2) is 6.00. The zero-order valence-electron chi connectivity index (χ0n) is 9.75. The topological polar surface area (TPSA) is 25.8 Å². The fourth-order valence-electron chi connectivity index (χ4n) is 1.64. The normalized spacial score (nSPS) is 10.7. The Morgan fingerprint density at radius 2 is 1.94 bits per heavy atom. The lowest BCUT2D eigenvalue weighted by molar-refractivity contribution is 0.875. The van der Waals surface area contributed by atoms with Gasteiger partial charge in [0.2, 0.25) is 0 Å². The van der Waals surface area contributed by atoms with Crippen LogP contribution in [0.5, 0.6) is 0 Å². The Labute approximate surface area is 124 Å². The Hall–Kier alpha value is -0.640. The van der Waals surface area contributed by atoms with Crippen LogP contribution in [0.25, 0.3) is 11.4 Å². The molecule has 0 saturated heterocycles. The minimum Gasteiger partial charge on any atom is -0.233 e. The van der Waals surface area contributed by atoms with E-state index in [1.54, 1.807) is 6.07 Å². The zero-order valence-corrected chi connectivity index (χ0v) is 12.8. The van der Waals surface area contributed by atoms with Gasteiger partial charge in [-0.15, -0.1) is 0 Å². The molecule has 5 heteroatoms. The minimum atomic E-state index is 0.454. The molecule has 0 amide bonds. The summed E-state index contributed by atoms with van der Waals surface area (Å²) in [4.78, 5) is 8.77. The van der Waals surface area contributed by atoms with Crippen LogP contribution < -0.4 is 0 Å². The fraction of sp³-hybridized carbons (Fsp3) is 0.231. The van der Waals surface area contributed by atoms with Gasteiger partial charge in [0, 0.05) is 20.8 Å². The van der Waals surface area contributed by atoms with Crippen LogP contribution in [0.1, 0.15) is 19.0 Å². The van der Waals surface area contributed by atoms with E-state index in [1.165, 1.54) is 0 Å². The van der Waals surface area contributed by atoms with Gasteiger partial charge in [0.05, 0.1) is 0 Å². The SMILES string of the molecule is CCCc1cc(Cl)nc(-c2cc(Cl)ccc2Br)n1. The van der Waals surface area contributed by atoms with Crippen molar-refractivity contribution in [2.45, 2.75) is 19.8 Å². The zero-order chi connectivity index (χ0) is 13.1. The first kappa shape index (κ1) is 13.8. The largest absolute Gasteiger partial charge is 0.233 e. The van der Waals surface area contributed by atoms with E-state index in [1.807, 2.05) is 18.2 Å². The molecule has 0 radical (unpaired) electrons. The van der Waals surface area contributed by atoms with Crippen molar-refractivity contribution in [3.63, 3.8) is 0 Å². The van der Waals surface area contributed by atoms with E-state index in [0.29, 0.717) is 16.0 Å². The molecule has 1 aromatic heterocycles. The maximum Gasteiger partial charge on any atom is 0.162 e. The standard InChI is InChI=1S/C13H11BrCl2N2/c1-2-3-9-7-12(16)18-13(17-9)10-6-8(15)4-5-11(10)14/h4-7H,2-3H2,1H3. The molecule has 0 fully saturated rings. The van der Waals surface area contributed by atoms with Gasteiger partial charge in [0.25, 0.3) is 0 Å². The number of hydrogen-bond acceptors (Lipinski definition) is 2. The van der Waals surface area contributed by atoms with Gasteiger partial charge < -0.3 is 0 Å². The van der Waals surface area contributed by atoms with Crippen molar-refractivity contribution in [2.75, 3.05) is 0 Å². The van der Waals surface area contributed by atoms with Crippen molar-refractivity contribution >= 4 is 39.1 Å². The van der Waals surface area contributed by atoms with Gasteiger partial charge >= 0.3 is 0 Å². The quantitative estimate of drug-likeness (QED) is 0.717. The molecule has 0 aliphatic heterocycles. The molecule has 1 aromatic carbocycles. The number of benzene rings is 1. The number of halogens is 3. The van der Waals surface area contributed by atoms with Crippen molar-refractivity contribution < 1.29 is 0 Å². The van der Waals surface area contributed by atoms with Gasteiger partial charge in [-0.25, -0.2) is 9.97 Å². The third-order valence-corrected chi connectivity index (χ3v) is 3.54. The van der Waals surface area contributed by atoms with Gasteiger partial charge in [-0.1, -0.05) is 52.5 Å². The van der Waals surface area contributed by atoms with E-state index >= 15 is 0 Å². The van der Waals surface area contributed by atoms with Gasteiger partial charge in [-0.3, -0.25) is 0 Å². The molecule has 1 heterocycles. The Morgan fingerprint density at radius 3 is 2.67 bits per heavy atom. The highest BCUT2D eigenvalue weighted by Crippen LogP contribution is 2.29. The third kappa shape index (κ3) is 3.22. The second-order valence-electron chi connectivity index (χ2n) is 3.88. The van der Waals surface area contributed by atoms with Gasteiger partial charge in [0.1, 0.15) is 5.15 Å². The highest BCUT2D eigenvalue weighted by molar-refractivity contribution is 9.10. The molecular formula is C13H11BrCl2N2. The lowest BCUT2D eigenvalue weighted by atomic mass is 10.2. The highest BCUT2D eigenvalue weighted by Gasteiger charge is 2.09. The molecule has 94 valence electrons. The Kier molecular flexibility index (Phi) is 4.60. The first-order valence-corrected chi connectivity index (χ1v) is 7.14. The average molecular weight is 346 g/mol. The van der Waals surface area contributed by atoms with E-state index in [9.17, 15) is 0 Å². The maximum absolute atomic E-state index is 6.03. The molecule has 2 nitrogen and oxygen atoms in total. The first-order chi connectivity index (χ1) is 8.60. The van der Waals surface area contributed by atoms with Gasteiger partial charge in [-0.05, 0) is 30.7 Å². The molecule has 0 spiro atoms. The summed E-state index contributed by atoms with van der Waals surface area (Å²) in [5, 5.41) is 1.10. The van der Waals surface area contributed by atoms with Crippen LogP contribution in [0.3, 0.4) is 0 Å². The van der Waals surface area contributed by atoms with Crippen molar-refractivity contribution in [1.82, 2.24) is 9.97 Å². The van der Waals surface area contributed by atoms with Crippen LogP contribution in [0, 0.1) is 0 Å². The average Bonchev–Trinajstić information content (AvgIpc) is 2.32. The van der Waals surface area contributed by atoms with Crippen LogP contribution in [-0.4, -0.2) is 9.97 Å². The number of rotatable bonds is 3. The second-order valence-corrected chi connectivity index (χ2v) is 5.56. The summed E-state index contributed by atoms with van der Waals surface area (Å²) < 4.78 is 0.900. The summed E-state index contributed by atoms with van der Waals surface area (Å²) in [6.45, 7) is 2.10. The number of aryl methyl sites for hydroxylation is 1. The Balaban J connectivity index is 2.52. The molecule has 0 saturated carbocycles. The Bertz CT molecular complexity index is 573. The molecule has 0 atom stereocenters. The lowest BCUT2D eigenvalue weighted by Crippen LogP contribution is -1.96. The summed E-state index contributed by atoms with van der Waals surface area (Å²) in [7, 11) is 0. The Morgan fingerprint density at radius 1 is 1.17 bits per heavy atom. The predicted molar refractivity (Wildman–Crippen MR) is 79.2 cm³/mol. The summed E-state index contributed by atoms with van der Waals surface area (Å²) in [6.07, 6.45) is 1.90. The molecular weight excluding hydrogens is 335 g/mol. The van der Waals surface area contributed by atoms with E-state index < -0.39 is 0 Å². The molecule has 2 aromatic rings. The van der Waals surface area contributed by atoms with Crippen molar-refractivity contribution in [3.8, 4) is 11.4 Å². The van der Waals surface area contributed by atoms with E-state index in [-0.39, 0.29) is 0 Å². The summed E-state index contributed by atoms with van der Waals surface area (Å²) in [5.74, 6) is 0.598. The predicted octanol–water partition coefficient (Wildman–Crippen LogP) is 5.17. The molecule has 18 heavy (non-hydrogen) atoms. The summed E-state index contributed by atoms with van der Waals surface area (Å²) in [5.41, 5.74) is 1.79. The molecule has 0 aliphatic rings. The maximum atomic E-state index is 6.03. The summed E-state index contributed by atoms with van der Waals surface area (Å²) >= 11 is 15.5. The van der Waals surface area contributed by atoms with Crippen LogP contribution in [0.2, 0.25) is 10.2 Å². The van der Waals surface area contributed by atoms with Crippen molar-refractivity contribution in [1.29, 1.82) is 0 Å². The van der Waals surface area contributed by atoms with Gasteiger partial charge in [0.15, 0.2) is 5.82 Å². The fourth-order valence-corrected chi connectivity index (χ4v) is 2.44. The molecule has 0 bridgehead atoms. The lowest BCUT2D eigenvalue weighted by Gasteiger charge is -2.06.